The maximum absolute atomic E-state index is 12.8. The molecule has 1 N–H and O–H groups in total. The minimum Gasteiger partial charge on any atom is -0.481 e. The number of carboxylic acids is 1. The van der Waals surface area contributed by atoms with Crippen LogP contribution >= 0.6 is 11.6 Å². The molecule has 3 heterocycles. The van der Waals surface area contributed by atoms with Gasteiger partial charge in [-0.1, -0.05) is 11.6 Å². The summed E-state index contributed by atoms with van der Waals surface area (Å²) >= 11 is 5.91. The molecule has 7 nitrogen and oxygen atoms in total. The molecular weight excluding hydrogens is 370 g/mol. The third kappa shape index (κ3) is 5.64. The Bertz CT molecular complexity index is 666. The van der Waals surface area contributed by atoms with Crippen LogP contribution in [-0.2, 0) is 9.53 Å². The van der Waals surface area contributed by atoms with Gasteiger partial charge in [0.05, 0.1) is 13.2 Å². The average Bonchev–Trinajstić information content (AvgIpc) is 2.67. The van der Waals surface area contributed by atoms with E-state index in [2.05, 4.69) is 9.88 Å². The van der Waals surface area contributed by atoms with Crippen molar-refractivity contribution < 1.29 is 19.4 Å². The molecule has 2 saturated heterocycles. The molecule has 0 radical (unpaired) electrons. The minimum atomic E-state index is -0.767. The number of nitrogens with zero attached hydrogens (tertiary/aromatic N) is 3. The molecule has 8 heteroatoms. The number of amides is 1. The van der Waals surface area contributed by atoms with E-state index in [9.17, 15) is 14.7 Å². The highest BCUT2D eigenvalue weighted by atomic mass is 35.5. The SMILES string of the molecule is O=C(O)CC1CCN(C(=O)c2ccnc(Cl)c2)CC1CCN1CCOCC1. The Kier molecular flexibility index (Phi) is 7.04. The minimum absolute atomic E-state index is 0.0653. The second-order valence-corrected chi connectivity index (χ2v) is 7.66. The molecule has 2 fully saturated rings. The summed E-state index contributed by atoms with van der Waals surface area (Å²) in [5.74, 6) is -0.547. The Balaban J connectivity index is 1.64. The van der Waals surface area contributed by atoms with Crippen molar-refractivity contribution in [3.63, 3.8) is 0 Å². The number of aliphatic carboxylic acids is 1. The van der Waals surface area contributed by atoms with Crippen LogP contribution in [0.15, 0.2) is 18.3 Å². The summed E-state index contributed by atoms with van der Waals surface area (Å²) in [6.45, 7) is 5.38. The van der Waals surface area contributed by atoms with Crippen molar-refractivity contribution in [2.45, 2.75) is 19.3 Å². The lowest BCUT2D eigenvalue weighted by molar-refractivity contribution is -0.139. The summed E-state index contributed by atoms with van der Waals surface area (Å²) < 4.78 is 5.38. The van der Waals surface area contributed by atoms with Crippen LogP contribution in [0.1, 0.15) is 29.6 Å². The lowest BCUT2D eigenvalue weighted by Gasteiger charge is -2.39. The fraction of sp³-hybridized carbons (Fsp3) is 0.632. The maximum Gasteiger partial charge on any atom is 0.303 e. The molecule has 2 unspecified atom stereocenters. The third-order valence-corrected chi connectivity index (χ3v) is 5.72. The van der Waals surface area contributed by atoms with Gasteiger partial charge in [-0.25, -0.2) is 4.98 Å². The Morgan fingerprint density at radius 2 is 2.04 bits per heavy atom. The van der Waals surface area contributed by atoms with Crippen LogP contribution in [0.3, 0.4) is 0 Å². The molecule has 1 aromatic rings. The Hall–Kier alpha value is -1.70. The number of likely N-dealkylation sites (tertiary alicyclic amines) is 1. The van der Waals surface area contributed by atoms with Crippen molar-refractivity contribution in [1.82, 2.24) is 14.8 Å². The van der Waals surface area contributed by atoms with Crippen LogP contribution in [0.4, 0.5) is 0 Å². The summed E-state index contributed by atoms with van der Waals surface area (Å²) in [5.41, 5.74) is 0.526. The second-order valence-electron chi connectivity index (χ2n) is 7.27. The molecule has 0 aromatic carbocycles. The van der Waals surface area contributed by atoms with Crippen LogP contribution < -0.4 is 0 Å². The van der Waals surface area contributed by atoms with Gasteiger partial charge in [0.1, 0.15) is 5.15 Å². The second kappa shape index (κ2) is 9.48. The van der Waals surface area contributed by atoms with Crippen molar-refractivity contribution in [2.75, 3.05) is 45.9 Å². The largest absolute Gasteiger partial charge is 0.481 e. The van der Waals surface area contributed by atoms with Crippen LogP contribution in [0.2, 0.25) is 5.15 Å². The van der Waals surface area contributed by atoms with E-state index in [0.717, 1.165) is 39.3 Å². The number of hydrogen-bond donors (Lipinski definition) is 1. The number of pyridine rings is 1. The number of ether oxygens (including phenoxy) is 1. The highest BCUT2D eigenvalue weighted by Crippen LogP contribution is 2.30. The molecule has 148 valence electrons. The van der Waals surface area contributed by atoms with E-state index in [4.69, 9.17) is 16.3 Å². The highest BCUT2D eigenvalue weighted by molar-refractivity contribution is 6.29. The molecule has 0 saturated carbocycles. The number of halogens is 1. The van der Waals surface area contributed by atoms with Gasteiger partial charge in [0.2, 0.25) is 0 Å². The van der Waals surface area contributed by atoms with E-state index >= 15 is 0 Å². The summed E-state index contributed by atoms with van der Waals surface area (Å²) in [7, 11) is 0. The number of piperidine rings is 1. The summed E-state index contributed by atoms with van der Waals surface area (Å²) in [6, 6.07) is 3.25. The van der Waals surface area contributed by atoms with E-state index in [0.29, 0.717) is 30.2 Å². The first kappa shape index (κ1) is 20.0. The maximum atomic E-state index is 12.8. The molecule has 0 spiro atoms. The fourth-order valence-corrected chi connectivity index (χ4v) is 4.15. The number of carbonyl (C=O) groups is 2. The molecule has 1 amide bonds. The van der Waals surface area contributed by atoms with Gasteiger partial charge >= 0.3 is 5.97 Å². The van der Waals surface area contributed by atoms with Crippen LogP contribution in [-0.4, -0.2) is 77.7 Å². The van der Waals surface area contributed by atoms with Gasteiger partial charge in [-0.15, -0.1) is 0 Å². The third-order valence-electron chi connectivity index (χ3n) is 5.51. The highest BCUT2D eigenvalue weighted by Gasteiger charge is 2.33. The van der Waals surface area contributed by atoms with Crippen molar-refractivity contribution in [3.05, 3.63) is 29.0 Å². The van der Waals surface area contributed by atoms with E-state index in [-0.39, 0.29) is 24.2 Å². The van der Waals surface area contributed by atoms with Crippen LogP contribution in [0.25, 0.3) is 0 Å². The zero-order valence-corrected chi connectivity index (χ0v) is 16.1. The van der Waals surface area contributed by atoms with Gasteiger partial charge in [0.25, 0.3) is 5.91 Å². The predicted octanol–water partition coefficient (Wildman–Crippen LogP) is 2.01. The zero-order chi connectivity index (χ0) is 19.2. The van der Waals surface area contributed by atoms with Gasteiger partial charge in [0.15, 0.2) is 0 Å². The summed E-state index contributed by atoms with van der Waals surface area (Å²) in [4.78, 5) is 32.2. The lowest BCUT2D eigenvalue weighted by Crippen LogP contribution is -2.46. The van der Waals surface area contributed by atoms with E-state index in [1.165, 1.54) is 6.20 Å². The standard InChI is InChI=1S/C19H26ClN3O4/c20-17-11-15(1-4-21-17)19(26)23-6-3-14(12-18(24)25)16(13-23)2-5-22-7-9-27-10-8-22/h1,4,11,14,16H,2-3,5-10,12-13H2,(H,24,25). The van der Waals surface area contributed by atoms with Crippen molar-refractivity contribution in [2.24, 2.45) is 11.8 Å². The Labute approximate surface area is 164 Å². The molecule has 3 rings (SSSR count). The first-order chi connectivity index (χ1) is 13.0. The first-order valence-electron chi connectivity index (χ1n) is 9.45. The van der Waals surface area contributed by atoms with Crippen molar-refractivity contribution >= 4 is 23.5 Å². The van der Waals surface area contributed by atoms with Crippen LogP contribution in [0, 0.1) is 11.8 Å². The Morgan fingerprint density at radius 3 is 2.74 bits per heavy atom. The smallest absolute Gasteiger partial charge is 0.303 e. The van der Waals surface area contributed by atoms with Gasteiger partial charge in [0, 0.05) is 44.4 Å². The van der Waals surface area contributed by atoms with Gasteiger partial charge in [-0.3, -0.25) is 14.5 Å². The van der Waals surface area contributed by atoms with Crippen molar-refractivity contribution in [3.8, 4) is 0 Å². The molecule has 2 aliphatic heterocycles. The fourth-order valence-electron chi connectivity index (χ4n) is 3.98. The number of hydrogen-bond acceptors (Lipinski definition) is 5. The Morgan fingerprint density at radius 1 is 1.26 bits per heavy atom. The molecular formula is C19H26ClN3O4. The van der Waals surface area contributed by atoms with E-state index < -0.39 is 5.97 Å². The molecule has 0 aliphatic carbocycles. The molecule has 2 atom stereocenters. The number of morpholine rings is 1. The zero-order valence-electron chi connectivity index (χ0n) is 15.3. The van der Waals surface area contributed by atoms with E-state index in [1.807, 2.05) is 4.90 Å². The van der Waals surface area contributed by atoms with Gasteiger partial charge < -0.3 is 14.7 Å². The predicted molar refractivity (Wildman–Crippen MR) is 101 cm³/mol. The first-order valence-corrected chi connectivity index (χ1v) is 9.83. The number of carboxylic acid groups (broad SMARTS) is 1. The van der Waals surface area contributed by atoms with Gasteiger partial charge in [-0.2, -0.15) is 0 Å². The molecule has 1 aromatic heterocycles. The monoisotopic (exact) mass is 395 g/mol. The molecule has 0 bridgehead atoms. The number of aromatic nitrogens is 1. The normalized spacial score (nSPS) is 24.0. The average molecular weight is 396 g/mol. The summed E-state index contributed by atoms with van der Waals surface area (Å²) in [5, 5.41) is 9.55. The molecule has 27 heavy (non-hydrogen) atoms. The van der Waals surface area contributed by atoms with Crippen molar-refractivity contribution in [1.29, 1.82) is 0 Å². The molecule has 2 aliphatic rings. The number of rotatable bonds is 6. The topological polar surface area (TPSA) is 83.0 Å². The van der Waals surface area contributed by atoms with Gasteiger partial charge in [-0.05, 0) is 43.4 Å². The quantitative estimate of drug-likeness (QED) is 0.742. The lowest BCUT2D eigenvalue weighted by atomic mass is 9.81. The summed E-state index contributed by atoms with van der Waals surface area (Å²) in [6.07, 6.45) is 3.29. The van der Waals surface area contributed by atoms with Crippen LogP contribution in [0.5, 0.6) is 0 Å². The number of carbonyl (C=O) groups excluding carboxylic acids is 1. The van der Waals surface area contributed by atoms with E-state index in [1.54, 1.807) is 12.1 Å².